The van der Waals surface area contributed by atoms with Gasteiger partial charge in [-0.1, -0.05) is 19.1 Å². The van der Waals surface area contributed by atoms with Gasteiger partial charge >= 0.3 is 0 Å². The van der Waals surface area contributed by atoms with E-state index in [0.29, 0.717) is 18.2 Å². The number of hydrogen-bond donors (Lipinski definition) is 1. The monoisotopic (exact) mass is 286 g/mol. The van der Waals surface area contributed by atoms with E-state index in [2.05, 4.69) is 18.3 Å². The first-order valence-corrected chi connectivity index (χ1v) is 7.55. The second-order valence-corrected chi connectivity index (χ2v) is 5.79. The Labute approximate surface area is 126 Å². The van der Waals surface area contributed by atoms with Gasteiger partial charge in [-0.25, -0.2) is 0 Å². The van der Waals surface area contributed by atoms with Crippen LogP contribution in [0.3, 0.4) is 0 Å². The zero-order valence-corrected chi connectivity index (χ0v) is 12.5. The molecule has 0 unspecified atom stereocenters. The summed E-state index contributed by atoms with van der Waals surface area (Å²) in [6, 6.07) is 9.68. The van der Waals surface area contributed by atoms with Crippen LogP contribution in [-0.2, 0) is 11.2 Å². The van der Waals surface area contributed by atoms with Crippen LogP contribution in [0.5, 0.6) is 5.75 Å². The minimum absolute atomic E-state index is 0.0453. The highest BCUT2D eigenvalue weighted by atomic mass is 16.5. The van der Waals surface area contributed by atoms with Crippen molar-refractivity contribution in [3.63, 3.8) is 0 Å². The summed E-state index contributed by atoms with van der Waals surface area (Å²) in [7, 11) is 0. The molecule has 4 heteroatoms. The van der Waals surface area contributed by atoms with Gasteiger partial charge in [-0.2, -0.15) is 5.26 Å². The van der Waals surface area contributed by atoms with Crippen LogP contribution >= 0.6 is 0 Å². The second-order valence-electron chi connectivity index (χ2n) is 5.79. The number of carbonyl (C=O) groups excluding carboxylic acids is 1. The third-order valence-corrected chi connectivity index (χ3v) is 3.96. The summed E-state index contributed by atoms with van der Waals surface area (Å²) in [4.78, 5) is 11.9. The Morgan fingerprint density at radius 3 is 2.57 bits per heavy atom. The Bertz CT molecular complexity index is 497. The molecule has 0 saturated heterocycles. The Kier molecular flexibility index (Phi) is 5.62. The van der Waals surface area contributed by atoms with Crippen molar-refractivity contribution in [3.8, 4) is 11.8 Å². The van der Waals surface area contributed by atoms with E-state index < -0.39 is 0 Å². The van der Waals surface area contributed by atoms with E-state index in [-0.39, 0.29) is 12.5 Å². The third-order valence-electron chi connectivity index (χ3n) is 3.96. The van der Waals surface area contributed by atoms with Crippen LogP contribution < -0.4 is 10.1 Å². The first kappa shape index (κ1) is 15.4. The molecular weight excluding hydrogens is 264 g/mol. The molecule has 0 radical (unpaired) electrons. The lowest BCUT2D eigenvalue weighted by molar-refractivity contribution is -0.124. The van der Waals surface area contributed by atoms with Gasteiger partial charge in [-0.05, 0) is 49.3 Å². The lowest BCUT2D eigenvalue weighted by atomic mass is 9.87. The number of nitriles is 1. The Balaban J connectivity index is 1.72. The van der Waals surface area contributed by atoms with Gasteiger partial charge < -0.3 is 10.1 Å². The van der Waals surface area contributed by atoms with Gasteiger partial charge in [-0.15, -0.1) is 0 Å². The van der Waals surface area contributed by atoms with Gasteiger partial charge in [0.05, 0.1) is 12.5 Å². The summed E-state index contributed by atoms with van der Waals surface area (Å²) < 4.78 is 5.47. The lowest BCUT2D eigenvalue weighted by Crippen LogP contribution is -2.39. The molecular formula is C17H22N2O2. The Hall–Kier alpha value is -2.02. The molecule has 0 atom stereocenters. The SMILES string of the molecule is CC1CCC(NC(=O)COc2ccc(CC#N)cc2)CC1. The van der Waals surface area contributed by atoms with Crippen molar-refractivity contribution < 1.29 is 9.53 Å². The average Bonchev–Trinajstić information content (AvgIpc) is 2.49. The molecule has 4 nitrogen and oxygen atoms in total. The van der Waals surface area contributed by atoms with Crippen molar-refractivity contribution in [1.29, 1.82) is 5.26 Å². The smallest absolute Gasteiger partial charge is 0.258 e. The molecule has 1 amide bonds. The largest absolute Gasteiger partial charge is 0.484 e. The van der Waals surface area contributed by atoms with Crippen molar-refractivity contribution in [2.45, 2.75) is 45.1 Å². The van der Waals surface area contributed by atoms with Gasteiger partial charge in [0.25, 0.3) is 5.91 Å². The van der Waals surface area contributed by atoms with Crippen molar-refractivity contribution >= 4 is 5.91 Å². The highest BCUT2D eigenvalue weighted by Crippen LogP contribution is 2.23. The zero-order chi connectivity index (χ0) is 15.1. The van der Waals surface area contributed by atoms with Gasteiger partial charge in [0.2, 0.25) is 0 Å². The topological polar surface area (TPSA) is 62.1 Å². The first-order chi connectivity index (χ1) is 10.2. The van der Waals surface area contributed by atoms with E-state index in [1.54, 1.807) is 12.1 Å². The number of ether oxygens (including phenoxy) is 1. The number of nitrogens with one attached hydrogen (secondary N) is 1. The maximum Gasteiger partial charge on any atom is 0.258 e. The Morgan fingerprint density at radius 1 is 1.29 bits per heavy atom. The van der Waals surface area contributed by atoms with Crippen LogP contribution in [0.4, 0.5) is 0 Å². The zero-order valence-electron chi connectivity index (χ0n) is 12.5. The van der Waals surface area contributed by atoms with Crippen LogP contribution in [0, 0.1) is 17.2 Å². The van der Waals surface area contributed by atoms with Crippen LogP contribution in [0.2, 0.25) is 0 Å². The van der Waals surface area contributed by atoms with Crippen molar-refractivity contribution in [2.75, 3.05) is 6.61 Å². The number of hydrogen-bond acceptors (Lipinski definition) is 3. The van der Waals surface area contributed by atoms with Crippen molar-refractivity contribution in [1.82, 2.24) is 5.32 Å². The second kappa shape index (κ2) is 7.68. The molecule has 1 aromatic rings. The summed E-state index contributed by atoms with van der Waals surface area (Å²) in [5, 5.41) is 11.6. The van der Waals surface area contributed by atoms with E-state index in [1.165, 1.54) is 12.8 Å². The summed E-state index contributed by atoms with van der Waals surface area (Å²) in [6.45, 7) is 2.31. The van der Waals surface area contributed by atoms with Crippen LogP contribution in [-0.4, -0.2) is 18.6 Å². The number of benzene rings is 1. The van der Waals surface area contributed by atoms with Crippen LogP contribution in [0.1, 0.15) is 38.2 Å². The quantitative estimate of drug-likeness (QED) is 0.905. The number of rotatable bonds is 5. The van der Waals surface area contributed by atoms with E-state index in [4.69, 9.17) is 10.00 Å². The van der Waals surface area contributed by atoms with Gasteiger partial charge in [0.1, 0.15) is 5.75 Å². The molecule has 0 aromatic heterocycles. The van der Waals surface area contributed by atoms with Crippen molar-refractivity contribution in [2.24, 2.45) is 5.92 Å². The van der Waals surface area contributed by atoms with Crippen molar-refractivity contribution in [3.05, 3.63) is 29.8 Å². The molecule has 1 N–H and O–H groups in total. The first-order valence-electron chi connectivity index (χ1n) is 7.55. The standard InChI is InChI=1S/C17H22N2O2/c1-13-2-6-15(7-3-13)19-17(20)12-21-16-8-4-14(5-9-16)10-11-18/h4-5,8-9,13,15H,2-3,6-7,10,12H2,1H3,(H,19,20). The molecule has 0 aliphatic heterocycles. The molecule has 1 fully saturated rings. The maximum absolute atomic E-state index is 11.9. The highest BCUT2D eigenvalue weighted by molar-refractivity contribution is 5.77. The average molecular weight is 286 g/mol. The predicted octanol–water partition coefficient (Wildman–Crippen LogP) is 2.83. The highest BCUT2D eigenvalue weighted by Gasteiger charge is 2.19. The molecule has 0 heterocycles. The third kappa shape index (κ3) is 5.11. The molecule has 1 aliphatic carbocycles. The van der Waals surface area contributed by atoms with E-state index in [0.717, 1.165) is 24.3 Å². The van der Waals surface area contributed by atoms with Crippen LogP contribution in [0.25, 0.3) is 0 Å². The summed E-state index contributed by atoms with van der Waals surface area (Å²) in [5.74, 6) is 1.38. The number of amides is 1. The fraction of sp³-hybridized carbons (Fsp3) is 0.529. The minimum atomic E-state index is -0.0596. The number of nitrogens with zero attached hydrogens (tertiary/aromatic N) is 1. The Morgan fingerprint density at radius 2 is 1.95 bits per heavy atom. The lowest BCUT2D eigenvalue weighted by Gasteiger charge is -2.26. The minimum Gasteiger partial charge on any atom is -0.484 e. The molecule has 0 spiro atoms. The summed E-state index contributed by atoms with van der Waals surface area (Å²) in [5.41, 5.74) is 0.950. The van der Waals surface area contributed by atoms with E-state index in [1.807, 2.05) is 12.1 Å². The molecule has 2 rings (SSSR count). The molecule has 21 heavy (non-hydrogen) atoms. The molecule has 1 aromatic carbocycles. The fourth-order valence-electron chi connectivity index (χ4n) is 2.62. The van der Waals surface area contributed by atoms with Crippen LogP contribution in [0.15, 0.2) is 24.3 Å². The number of carbonyl (C=O) groups is 1. The van der Waals surface area contributed by atoms with Gasteiger partial charge in [0, 0.05) is 6.04 Å². The molecule has 112 valence electrons. The van der Waals surface area contributed by atoms with E-state index >= 15 is 0 Å². The normalized spacial score (nSPS) is 21.3. The molecule has 1 aliphatic rings. The summed E-state index contributed by atoms with van der Waals surface area (Å²) >= 11 is 0. The predicted molar refractivity (Wildman–Crippen MR) is 80.8 cm³/mol. The molecule has 1 saturated carbocycles. The maximum atomic E-state index is 11.9. The molecule has 0 bridgehead atoms. The fourth-order valence-corrected chi connectivity index (χ4v) is 2.62. The summed E-state index contributed by atoms with van der Waals surface area (Å²) in [6.07, 6.45) is 4.89. The van der Waals surface area contributed by atoms with Gasteiger partial charge in [-0.3, -0.25) is 4.79 Å². The van der Waals surface area contributed by atoms with E-state index in [9.17, 15) is 4.79 Å². The van der Waals surface area contributed by atoms with Gasteiger partial charge in [0.15, 0.2) is 6.61 Å².